The molecule has 5 heteroatoms. The van der Waals surface area contributed by atoms with Crippen LogP contribution < -0.4 is 10.2 Å². The molecule has 2 heterocycles. The van der Waals surface area contributed by atoms with Gasteiger partial charge in [0.1, 0.15) is 11.6 Å². The zero-order valence-electron chi connectivity index (χ0n) is 13.0. The number of nitrogens with one attached hydrogen (secondary N) is 1. The van der Waals surface area contributed by atoms with Crippen molar-refractivity contribution in [2.24, 2.45) is 5.92 Å². The molecule has 0 spiro atoms. The first-order valence-corrected chi connectivity index (χ1v) is 7.72. The maximum Gasteiger partial charge on any atom is 0.149 e. The summed E-state index contributed by atoms with van der Waals surface area (Å²) in [4.78, 5) is 13.8. The summed E-state index contributed by atoms with van der Waals surface area (Å²) < 4.78 is 0. The first-order valence-electron chi connectivity index (χ1n) is 7.72. The summed E-state index contributed by atoms with van der Waals surface area (Å²) in [6.07, 6.45) is 4.77. The number of anilines is 2. The Hall–Kier alpha value is -1.36. The summed E-state index contributed by atoms with van der Waals surface area (Å²) in [5.74, 6) is 2.62. The third-order valence-electron chi connectivity index (χ3n) is 3.50. The van der Waals surface area contributed by atoms with Crippen molar-refractivity contribution in [2.75, 3.05) is 49.5 Å². The summed E-state index contributed by atoms with van der Waals surface area (Å²) in [5.41, 5.74) is 0. The van der Waals surface area contributed by atoms with Crippen molar-refractivity contribution in [1.29, 1.82) is 0 Å². The van der Waals surface area contributed by atoms with E-state index in [1.54, 1.807) is 6.20 Å². The Balaban J connectivity index is 1.89. The van der Waals surface area contributed by atoms with Gasteiger partial charge in [-0.2, -0.15) is 0 Å². The molecule has 0 aromatic carbocycles. The van der Waals surface area contributed by atoms with Gasteiger partial charge in [0.05, 0.1) is 12.4 Å². The fraction of sp³-hybridized carbons (Fsp3) is 0.733. The average molecular weight is 277 g/mol. The van der Waals surface area contributed by atoms with Gasteiger partial charge in [0.15, 0.2) is 0 Å². The lowest BCUT2D eigenvalue weighted by molar-refractivity contribution is 0.231. The van der Waals surface area contributed by atoms with Gasteiger partial charge < -0.3 is 10.2 Å². The van der Waals surface area contributed by atoms with Crippen LogP contribution in [-0.4, -0.2) is 54.1 Å². The van der Waals surface area contributed by atoms with E-state index in [4.69, 9.17) is 0 Å². The largest absolute Gasteiger partial charge is 0.369 e. The van der Waals surface area contributed by atoms with E-state index in [0.29, 0.717) is 0 Å². The van der Waals surface area contributed by atoms with E-state index < -0.39 is 0 Å². The summed E-state index contributed by atoms with van der Waals surface area (Å²) in [6, 6.07) is 0. The molecule has 0 bridgehead atoms. The molecular weight excluding hydrogens is 250 g/mol. The Bertz CT molecular complexity index is 399. The number of rotatable bonds is 6. The van der Waals surface area contributed by atoms with Crippen LogP contribution in [0.4, 0.5) is 11.6 Å². The second-order valence-electron chi connectivity index (χ2n) is 5.87. The average Bonchev–Trinajstić information content (AvgIpc) is 2.45. The molecule has 0 aliphatic carbocycles. The Morgan fingerprint density at radius 1 is 1.20 bits per heavy atom. The highest BCUT2D eigenvalue weighted by atomic mass is 15.3. The quantitative estimate of drug-likeness (QED) is 0.862. The molecule has 0 atom stereocenters. The zero-order chi connectivity index (χ0) is 14.4. The third kappa shape index (κ3) is 4.34. The minimum atomic E-state index is 0.739. The standard InChI is InChI=1S/C15H27N5/c1-4-5-17-14-10-16-11-15(18-14)20-8-6-19(7-9-20)12-13(2)3/h10-11,13H,4-9,12H2,1-3H3,(H,17,18). The van der Waals surface area contributed by atoms with Crippen molar-refractivity contribution in [2.45, 2.75) is 27.2 Å². The first-order chi connectivity index (χ1) is 9.69. The van der Waals surface area contributed by atoms with Crippen LogP contribution in [0.1, 0.15) is 27.2 Å². The van der Waals surface area contributed by atoms with Crippen LogP contribution in [0.2, 0.25) is 0 Å². The first kappa shape index (κ1) is 15.0. The van der Waals surface area contributed by atoms with Crippen LogP contribution in [0.25, 0.3) is 0 Å². The molecule has 1 aromatic rings. The highest BCUT2D eigenvalue weighted by molar-refractivity contribution is 5.44. The fourth-order valence-electron chi connectivity index (χ4n) is 2.52. The molecule has 0 saturated carbocycles. The van der Waals surface area contributed by atoms with Gasteiger partial charge in [-0.1, -0.05) is 20.8 Å². The lowest BCUT2D eigenvalue weighted by Gasteiger charge is -2.36. The molecule has 1 saturated heterocycles. The van der Waals surface area contributed by atoms with Crippen LogP contribution in [0.5, 0.6) is 0 Å². The van der Waals surface area contributed by atoms with Gasteiger partial charge >= 0.3 is 0 Å². The summed E-state index contributed by atoms with van der Waals surface area (Å²) in [6.45, 7) is 13.2. The van der Waals surface area contributed by atoms with Gasteiger partial charge in [-0.05, 0) is 12.3 Å². The number of hydrogen-bond acceptors (Lipinski definition) is 5. The van der Waals surface area contributed by atoms with Crippen molar-refractivity contribution in [3.8, 4) is 0 Å². The molecule has 1 N–H and O–H groups in total. The predicted molar refractivity (Wildman–Crippen MR) is 84.3 cm³/mol. The maximum absolute atomic E-state index is 4.65. The van der Waals surface area contributed by atoms with Crippen molar-refractivity contribution >= 4 is 11.6 Å². The number of aromatic nitrogens is 2. The Morgan fingerprint density at radius 2 is 1.95 bits per heavy atom. The van der Waals surface area contributed by atoms with Gasteiger partial charge in [0, 0.05) is 39.3 Å². The number of piperazine rings is 1. The molecule has 0 unspecified atom stereocenters. The smallest absolute Gasteiger partial charge is 0.149 e. The van der Waals surface area contributed by atoms with E-state index in [2.05, 4.69) is 45.9 Å². The molecule has 1 aromatic heterocycles. The van der Waals surface area contributed by atoms with Crippen LogP contribution in [-0.2, 0) is 0 Å². The van der Waals surface area contributed by atoms with E-state index in [1.807, 2.05) is 6.20 Å². The van der Waals surface area contributed by atoms with Crippen LogP contribution >= 0.6 is 0 Å². The van der Waals surface area contributed by atoms with E-state index in [9.17, 15) is 0 Å². The predicted octanol–water partition coefficient (Wildman–Crippen LogP) is 2.08. The molecule has 5 nitrogen and oxygen atoms in total. The van der Waals surface area contributed by atoms with Crippen LogP contribution in [0, 0.1) is 5.92 Å². The topological polar surface area (TPSA) is 44.3 Å². The molecule has 1 aliphatic heterocycles. The highest BCUT2D eigenvalue weighted by Gasteiger charge is 2.18. The summed E-state index contributed by atoms with van der Waals surface area (Å²) in [7, 11) is 0. The second kappa shape index (κ2) is 7.43. The van der Waals surface area contributed by atoms with E-state index in [0.717, 1.165) is 56.7 Å². The summed E-state index contributed by atoms with van der Waals surface area (Å²) in [5, 5.41) is 3.30. The minimum absolute atomic E-state index is 0.739. The third-order valence-corrected chi connectivity index (χ3v) is 3.50. The summed E-state index contributed by atoms with van der Waals surface area (Å²) >= 11 is 0. The van der Waals surface area contributed by atoms with Gasteiger partial charge in [-0.3, -0.25) is 9.88 Å². The fourth-order valence-corrected chi connectivity index (χ4v) is 2.52. The molecule has 112 valence electrons. The Labute approximate surface area is 122 Å². The van der Waals surface area contributed by atoms with Gasteiger partial charge in [0.25, 0.3) is 0 Å². The van der Waals surface area contributed by atoms with E-state index >= 15 is 0 Å². The Kier molecular flexibility index (Phi) is 5.59. The van der Waals surface area contributed by atoms with Gasteiger partial charge in [-0.25, -0.2) is 4.98 Å². The maximum atomic E-state index is 4.65. The monoisotopic (exact) mass is 277 g/mol. The highest BCUT2D eigenvalue weighted by Crippen LogP contribution is 2.15. The lowest BCUT2D eigenvalue weighted by atomic mass is 10.2. The molecule has 1 fully saturated rings. The molecule has 20 heavy (non-hydrogen) atoms. The normalized spacial score (nSPS) is 16.7. The molecule has 2 rings (SSSR count). The van der Waals surface area contributed by atoms with Gasteiger partial charge in [-0.15, -0.1) is 0 Å². The molecule has 0 radical (unpaired) electrons. The van der Waals surface area contributed by atoms with E-state index in [1.165, 1.54) is 6.54 Å². The molecule has 1 aliphatic rings. The van der Waals surface area contributed by atoms with Crippen molar-refractivity contribution in [1.82, 2.24) is 14.9 Å². The SMILES string of the molecule is CCCNc1cncc(N2CCN(CC(C)C)CC2)n1. The van der Waals surface area contributed by atoms with Crippen LogP contribution in [0.15, 0.2) is 12.4 Å². The molecule has 0 amide bonds. The lowest BCUT2D eigenvalue weighted by Crippen LogP contribution is -2.47. The second-order valence-corrected chi connectivity index (χ2v) is 5.87. The van der Waals surface area contributed by atoms with Crippen molar-refractivity contribution < 1.29 is 0 Å². The zero-order valence-corrected chi connectivity index (χ0v) is 13.0. The van der Waals surface area contributed by atoms with Crippen LogP contribution in [0.3, 0.4) is 0 Å². The van der Waals surface area contributed by atoms with E-state index in [-0.39, 0.29) is 0 Å². The number of nitrogens with zero attached hydrogens (tertiary/aromatic N) is 4. The molecular formula is C15H27N5. The van der Waals surface area contributed by atoms with Crippen molar-refractivity contribution in [3.05, 3.63) is 12.4 Å². The number of hydrogen-bond donors (Lipinski definition) is 1. The Morgan fingerprint density at radius 3 is 2.60 bits per heavy atom. The minimum Gasteiger partial charge on any atom is -0.369 e. The van der Waals surface area contributed by atoms with Crippen molar-refractivity contribution in [3.63, 3.8) is 0 Å². The van der Waals surface area contributed by atoms with Gasteiger partial charge in [0.2, 0.25) is 0 Å².